The van der Waals surface area contributed by atoms with E-state index in [4.69, 9.17) is 4.74 Å². The second kappa shape index (κ2) is 5.46. The summed E-state index contributed by atoms with van der Waals surface area (Å²) in [5.74, 6) is -0.443. The number of thiazole rings is 1. The van der Waals surface area contributed by atoms with Gasteiger partial charge in [-0.2, -0.15) is 0 Å². The Labute approximate surface area is 108 Å². The van der Waals surface area contributed by atoms with Crippen molar-refractivity contribution in [3.05, 3.63) is 41.4 Å². The lowest BCUT2D eigenvalue weighted by molar-refractivity contribution is -0.297. The van der Waals surface area contributed by atoms with E-state index in [1.807, 2.05) is 24.3 Å². The van der Waals surface area contributed by atoms with Gasteiger partial charge in [0.15, 0.2) is 0 Å². The number of carboxylic acids is 1. The van der Waals surface area contributed by atoms with Gasteiger partial charge in [-0.25, -0.2) is 4.98 Å². The standard InChI is InChI=1S/C13H11NO3S/c1-17-11-5-2-9(3-6-11)13-14-10(8-18-13)4-7-12(15)16/h2-8H,1H3,(H,15,16)/p-1/b7-4+. The Morgan fingerprint density at radius 3 is 2.72 bits per heavy atom. The number of nitrogens with zero attached hydrogens (tertiary/aromatic N) is 1. The highest BCUT2D eigenvalue weighted by Gasteiger charge is 2.03. The van der Waals surface area contributed by atoms with Crippen molar-refractivity contribution in [2.75, 3.05) is 7.11 Å². The molecule has 2 rings (SSSR count). The molecule has 0 radical (unpaired) electrons. The smallest absolute Gasteiger partial charge is 0.124 e. The van der Waals surface area contributed by atoms with Crippen LogP contribution in [0.25, 0.3) is 16.6 Å². The number of rotatable bonds is 4. The lowest BCUT2D eigenvalue weighted by atomic mass is 10.2. The fourth-order valence-corrected chi connectivity index (χ4v) is 2.18. The number of carbonyl (C=O) groups excluding carboxylic acids is 1. The van der Waals surface area contributed by atoms with E-state index >= 15 is 0 Å². The average molecular weight is 260 g/mol. The molecule has 92 valence electrons. The summed E-state index contributed by atoms with van der Waals surface area (Å²) in [6, 6.07) is 7.52. The molecule has 0 amide bonds. The molecule has 2 aromatic rings. The first kappa shape index (κ1) is 12.3. The van der Waals surface area contributed by atoms with Crippen LogP contribution in [-0.2, 0) is 4.79 Å². The number of carboxylic acid groups (broad SMARTS) is 1. The number of aliphatic carboxylic acids is 1. The zero-order valence-corrected chi connectivity index (χ0v) is 10.4. The van der Waals surface area contributed by atoms with Crippen LogP contribution in [-0.4, -0.2) is 18.1 Å². The van der Waals surface area contributed by atoms with E-state index < -0.39 is 5.97 Å². The number of carbonyl (C=O) groups is 1. The van der Waals surface area contributed by atoms with Crippen LogP contribution in [0.4, 0.5) is 0 Å². The van der Waals surface area contributed by atoms with Gasteiger partial charge in [-0.05, 0) is 36.4 Å². The van der Waals surface area contributed by atoms with Gasteiger partial charge in [-0.1, -0.05) is 0 Å². The van der Waals surface area contributed by atoms with E-state index in [1.165, 1.54) is 17.4 Å². The maximum atomic E-state index is 10.3. The normalized spacial score (nSPS) is 10.7. The molecule has 5 heteroatoms. The van der Waals surface area contributed by atoms with E-state index in [0.29, 0.717) is 5.69 Å². The molecule has 0 N–H and O–H groups in total. The molecular formula is C13H10NO3S-. The van der Waals surface area contributed by atoms with Crippen LogP contribution in [0.3, 0.4) is 0 Å². The Kier molecular flexibility index (Phi) is 3.74. The largest absolute Gasteiger partial charge is 0.545 e. The first-order valence-electron chi connectivity index (χ1n) is 5.18. The maximum Gasteiger partial charge on any atom is 0.124 e. The third-order valence-corrected chi connectivity index (χ3v) is 3.16. The van der Waals surface area contributed by atoms with Gasteiger partial charge >= 0.3 is 0 Å². The predicted molar refractivity (Wildman–Crippen MR) is 68.1 cm³/mol. The molecule has 18 heavy (non-hydrogen) atoms. The minimum atomic E-state index is -1.23. The van der Waals surface area contributed by atoms with Gasteiger partial charge in [-0.3, -0.25) is 0 Å². The molecule has 1 heterocycles. The lowest BCUT2D eigenvalue weighted by Gasteiger charge is -1.99. The van der Waals surface area contributed by atoms with E-state index in [1.54, 1.807) is 12.5 Å². The van der Waals surface area contributed by atoms with Gasteiger partial charge in [0.25, 0.3) is 0 Å². The summed E-state index contributed by atoms with van der Waals surface area (Å²) in [5, 5.41) is 12.9. The van der Waals surface area contributed by atoms with Crippen LogP contribution in [0.1, 0.15) is 5.69 Å². The van der Waals surface area contributed by atoms with Crippen molar-refractivity contribution in [3.8, 4) is 16.3 Å². The van der Waals surface area contributed by atoms with Crippen molar-refractivity contribution in [1.29, 1.82) is 0 Å². The summed E-state index contributed by atoms with van der Waals surface area (Å²) >= 11 is 1.45. The zero-order chi connectivity index (χ0) is 13.0. The maximum absolute atomic E-state index is 10.3. The molecule has 0 aliphatic heterocycles. The molecule has 0 aliphatic carbocycles. The van der Waals surface area contributed by atoms with Crippen molar-refractivity contribution < 1.29 is 14.6 Å². The van der Waals surface area contributed by atoms with Gasteiger partial charge in [0.1, 0.15) is 10.8 Å². The lowest BCUT2D eigenvalue weighted by Crippen LogP contribution is -2.18. The van der Waals surface area contributed by atoms with Crippen LogP contribution in [0, 0.1) is 0 Å². The van der Waals surface area contributed by atoms with Gasteiger partial charge in [0.05, 0.1) is 18.8 Å². The number of hydrogen-bond donors (Lipinski definition) is 0. The summed E-state index contributed by atoms with van der Waals surface area (Å²) in [5.41, 5.74) is 1.57. The highest BCUT2D eigenvalue weighted by molar-refractivity contribution is 7.13. The molecule has 0 spiro atoms. The van der Waals surface area contributed by atoms with Crippen LogP contribution in [0.15, 0.2) is 35.7 Å². The molecule has 0 saturated carbocycles. The second-order valence-electron chi connectivity index (χ2n) is 3.46. The van der Waals surface area contributed by atoms with E-state index in [2.05, 4.69) is 4.98 Å². The number of benzene rings is 1. The van der Waals surface area contributed by atoms with Crippen molar-refractivity contribution >= 4 is 23.4 Å². The summed E-state index contributed by atoms with van der Waals surface area (Å²) in [6.07, 6.45) is 2.38. The number of methoxy groups -OCH3 is 1. The molecular weight excluding hydrogens is 250 g/mol. The number of aromatic nitrogens is 1. The van der Waals surface area contributed by atoms with Crippen molar-refractivity contribution in [1.82, 2.24) is 4.98 Å². The molecule has 1 aromatic carbocycles. The molecule has 0 saturated heterocycles. The Hall–Kier alpha value is -2.14. The van der Waals surface area contributed by atoms with E-state index in [-0.39, 0.29) is 0 Å². The minimum Gasteiger partial charge on any atom is -0.545 e. The van der Waals surface area contributed by atoms with Crippen LogP contribution in [0.2, 0.25) is 0 Å². The summed E-state index contributed by atoms with van der Waals surface area (Å²) in [6.45, 7) is 0. The second-order valence-corrected chi connectivity index (χ2v) is 4.32. The molecule has 1 aromatic heterocycles. The highest BCUT2D eigenvalue weighted by Crippen LogP contribution is 2.25. The third-order valence-electron chi connectivity index (χ3n) is 2.25. The number of ether oxygens (including phenoxy) is 1. The predicted octanol–water partition coefficient (Wildman–Crippen LogP) is 1.58. The first-order chi connectivity index (χ1) is 8.69. The molecule has 0 aliphatic rings. The quantitative estimate of drug-likeness (QED) is 0.783. The molecule has 0 fully saturated rings. The SMILES string of the molecule is COc1ccc(-c2nc(/C=C/C(=O)[O-])cs2)cc1. The Bertz CT molecular complexity index is 572. The molecule has 0 atom stereocenters. The highest BCUT2D eigenvalue weighted by atomic mass is 32.1. The fourth-order valence-electron chi connectivity index (χ4n) is 1.38. The average Bonchev–Trinajstić information content (AvgIpc) is 2.85. The first-order valence-corrected chi connectivity index (χ1v) is 6.06. The van der Waals surface area contributed by atoms with Crippen LogP contribution >= 0.6 is 11.3 Å². The van der Waals surface area contributed by atoms with Crippen molar-refractivity contribution in [2.45, 2.75) is 0 Å². The van der Waals surface area contributed by atoms with Crippen LogP contribution < -0.4 is 9.84 Å². The fraction of sp³-hybridized carbons (Fsp3) is 0.0769. The summed E-state index contributed by atoms with van der Waals surface area (Å²) in [4.78, 5) is 14.6. The van der Waals surface area contributed by atoms with Crippen molar-refractivity contribution in [3.63, 3.8) is 0 Å². The Balaban J connectivity index is 2.20. The van der Waals surface area contributed by atoms with Gasteiger partial charge in [0.2, 0.25) is 0 Å². The monoisotopic (exact) mass is 260 g/mol. The third kappa shape index (κ3) is 2.95. The molecule has 0 bridgehead atoms. The molecule has 0 unspecified atom stereocenters. The van der Waals surface area contributed by atoms with Gasteiger partial charge < -0.3 is 14.6 Å². The Morgan fingerprint density at radius 2 is 2.11 bits per heavy atom. The van der Waals surface area contributed by atoms with E-state index in [0.717, 1.165) is 22.4 Å². The molecule has 4 nitrogen and oxygen atoms in total. The van der Waals surface area contributed by atoms with Gasteiger partial charge in [-0.15, -0.1) is 11.3 Å². The summed E-state index contributed by atoms with van der Waals surface area (Å²) < 4.78 is 5.07. The zero-order valence-electron chi connectivity index (χ0n) is 9.62. The topological polar surface area (TPSA) is 62.2 Å². The minimum absolute atomic E-state index is 0.606. The Morgan fingerprint density at radius 1 is 1.39 bits per heavy atom. The number of hydrogen-bond acceptors (Lipinski definition) is 5. The van der Waals surface area contributed by atoms with E-state index in [9.17, 15) is 9.90 Å². The van der Waals surface area contributed by atoms with Crippen LogP contribution in [0.5, 0.6) is 5.75 Å². The van der Waals surface area contributed by atoms with Crippen molar-refractivity contribution in [2.24, 2.45) is 0 Å². The van der Waals surface area contributed by atoms with Gasteiger partial charge in [0, 0.05) is 10.9 Å². The summed E-state index contributed by atoms with van der Waals surface area (Å²) in [7, 11) is 1.61.